The lowest BCUT2D eigenvalue weighted by molar-refractivity contribution is -0.122. The Hall–Kier alpha value is -2.23. The maximum atomic E-state index is 11.1. The van der Waals surface area contributed by atoms with Gasteiger partial charge < -0.3 is 30.1 Å². The summed E-state index contributed by atoms with van der Waals surface area (Å²) in [6, 6.07) is 0. The van der Waals surface area contributed by atoms with E-state index in [2.05, 4.69) is 221 Å². The molecule has 0 aromatic carbocycles. The van der Waals surface area contributed by atoms with Crippen LogP contribution in [0.25, 0.3) is 0 Å². The number of oxime groups is 1. The number of carbonyl (C=O) groups is 2. The summed E-state index contributed by atoms with van der Waals surface area (Å²) in [4.78, 5) is 26.9. The van der Waals surface area contributed by atoms with Crippen molar-refractivity contribution in [2.45, 2.75) is 327 Å². The second-order valence-corrected chi connectivity index (χ2v) is 47.9. The van der Waals surface area contributed by atoms with Gasteiger partial charge in [-0.2, -0.15) is 5.10 Å². The van der Waals surface area contributed by atoms with Gasteiger partial charge >= 0.3 is 6.09 Å². The third kappa shape index (κ3) is 114. The van der Waals surface area contributed by atoms with Crippen molar-refractivity contribution in [3.05, 3.63) is 23.4 Å². The molecule has 2 amide bonds. The summed E-state index contributed by atoms with van der Waals surface area (Å²) in [5.74, 6) is 0.113. The fraction of sp³-hybridized carbons (Fsp3) is 0.869. The van der Waals surface area contributed by atoms with Crippen LogP contribution in [0.1, 0.15) is 235 Å². The molecule has 0 heterocycles. The van der Waals surface area contributed by atoms with E-state index in [9.17, 15) is 9.59 Å². The number of nitrogens with zero attached hydrogens (tertiary/aromatic N) is 2. The van der Waals surface area contributed by atoms with Crippen molar-refractivity contribution >= 4 is 47.9 Å². The standard InChI is InChI=1S/C9H19NO2.C9H20Si.C8H16.C7H16N2.2C7H15NO.C7H18OSi.C7H18Si/c1-8(2,3)10-7(11)12-9(4,5)6;1-9(2,3)7-8-10(4,5)6;1-7(2)6-8(3,4)5;1-6(2)8-9-7(3,4)5;1-7(2,3)5-6(9)8-4;1-6(2)8-9-7(3,4)5;1-7(2,3)8-9(4,5)6;1-7(2,3)8(4,5)6/h1-6H3,(H,10,11);7-8H,1-6H3;6H,1-5H3;9H,1-5H3;5H2,1-4H3,(H,8,9);1-5H3;1-6H3;1-6H3/b;8-7-;;;;;;. The number of hydrogen-bond donors (Lipinski definition) is 3. The SMILES string of the molecule is CC(C)(C)/C=C\[Si](C)(C)C.CC(C)(C)NC(=O)OC(C)(C)C.CC(C)(C)O[Si](C)(C)C.CC(C)(C)[Si](C)(C)C.CC(C)=CC(C)(C)C.CC(C)=NNC(C)(C)C.CC(C)=NOC(C)(C)C.CNC(=O)CC(C)(C)C. The second-order valence-electron chi connectivity index (χ2n) is 32.4. The summed E-state index contributed by atoms with van der Waals surface area (Å²) < 4.78 is 10.8. The summed E-state index contributed by atoms with van der Waals surface area (Å²) >= 11 is 0. The molecule has 74 heavy (non-hydrogen) atoms. The van der Waals surface area contributed by atoms with Gasteiger partial charge in [-0.15, -0.1) is 0 Å². The van der Waals surface area contributed by atoms with Crippen molar-refractivity contribution in [3.8, 4) is 0 Å². The Morgan fingerprint density at radius 3 is 1.00 bits per heavy atom. The highest BCUT2D eigenvalue weighted by Crippen LogP contribution is 2.35. The topological polar surface area (TPSA) is 123 Å². The Labute approximate surface area is 469 Å². The molecule has 10 nitrogen and oxygen atoms in total. The molecule has 448 valence electrons. The van der Waals surface area contributed by atoms with E-state index >= 15 is 0 Å². The van der Waals surface area contributed by atoms with Crippen LogP contribution in [0.4, 0.5) is 4.79 Å². The highest BCUT2D eigenvalue weighted by Gasteiger charge is 2.29. The molecule has 13 heteroatoms. The zero-order valence-electron chi connectivity index (χ0n) is 58.4. The van der Waals surface area contributed by atoms with Crippen molar-refractivity contribution in [1.82, 2.24) is 16.1 Å². The molecule has 0 radical (unpaired) electrons. The number of hydrogen-bond acceptors (Lipinski definition) is 8. The molecule has 0 aromatic rings. The third-order valence-electron chi connectivity index (χ3n) is 7.63. The molecule has 0 aliphatic carbocycles. The molecular formula is C61H137N5O5Si3. The number of hydrazone groups is 1. The number of amides is 2. The molecule has 0 fully saturated rings. The van der Waals surface area contributed by atoms with Crippen LogP contribution in [-0.2, 0) is 18.8 Å². The first kappa shape index (κ1) is 88.4. The Morgan fingerprint density at radius 1 is 0.527 bits per heavy atom. The Balaban J connectivity index is -0.000000112. The largest absolute Gasteiger partial charge is 0.444 e. The number of nitrogens with one attached hydrogen (secondary N) is 3. The quantitative estimate of drug-likeness (QED) is 0.109. The lowest BCUT2D eigenvalue weighted by Crippen LogP contribution is -2.43. The smallest absolute Gasteiger partial charge is 0.408 e. The van der Waals surface area contributed by atoms with Gasteiger partial charge in [0.2, 0.25) is 5.91 Å². The molecule has 0 atom stereocenters. The first-order chi connectivity index (χ1) is 31.5. The van der Waals surface area contributed by atoms with Crippen molar-refractivity contribution in [2.75, 3.05) is 7.05 Å². The number of carbonyl (C=O) groups excluding carboxylic acids is 2. The van der Waals surface area contributed by atoms with Crippen LogP contribution in [0.5, 0.6) is 0 Å². The number of alkyl carbamates (subject to hydrolysis) is 1. The van der Waals surface area contributed by atoms with Crippen LogP contribution in [0.3, 0.4) is 0 Å². The van der Waals surface area contributed by atoms with Gasteiger partial charge in [-0.3, -0.25) is 4.79 Å². The molecule has 0 bridgehead atoms. The maximum Gasteiger partial charge on any atom is 0.408 e. The van der Waals surface area contributed by atoms with Crippen LogP contribution in [0, 0.1) is 16.2 Å². The third-order valence-corrected chi connectivity index (χ3v) is 14.5. The Kier molecular flexibility index (Phi) is 43.9. The minimum absolute atomic E-state index is 0.0461. The van der Waals surface area contributed by atoms with Crippen molar-refractivity contribution in [1.29, 1.82) is 0 Å². The van der Waals surface area contributed by atoms with Gasteiger partial charge in [-0.1, -0.05) is 151 Å². The van der Waals surface area contributed by atoms with Gasteiger partial charge in [0.05, 0.1) is 13.8 Å². The number of allylic oxidation sites excluding steroid dienone is 3. The zero-order valence-corrected chi connectivity index (χ0v) is 61.4. The molecule has 3 N–H and O–H groups in total. The highest BCUT2D eigenvalue weighted by atomic mass is 28.4. The number of rotatable bonds is 5. The van der Waals surface area contributed by atoms with E-state index in [-0.39, 0.29) is 39.7 Å². The Morgan fingerprint density at radius 2 is 0.905 bits per heavy atom. The van der Waals surface area contributed by atoms with Gasteiger partial charge in [0, 0.05) is 43.9 Å². The van der Waals surface area contributed by atoms with Crippen LogP contribution in [-0.4, -0.2) is 82.8 Å². The predicted octanol–water partition coefficient (Wildman–Crippen LogP) is 19.7. The molecule has 0 aliphatic rings. The number of ether oxygens (including phenoxy) is 1. The van der Waals surface area contributed by atoms with E-state index in [0.717, 1.165) is 11.4 Å². The minimum atomic E-state index is -1.29. The van der Waals surface area contributed by atoms with Crippen molar-refractivity contribution in [2.24, 2.45) is 26.5 Å². The zero-order chi connectivity index (χ0) is 62.4. The average Bonchev–Trinajstić information content (AvgIpc) is 3.00. The van der Waals surface area contributed by atoms with Crippen LogP contribution >= 0.6 is 0 Å². The summed E-state index contributed by atoms with van der Waals surface area (Å²) in [6.07, 6.45) is 4.84. The van der Waals surface area contributed by atoms with Crippen molar-refractivity contribution in [3.63, 3.8) is 0 Å². The van der Waals surface area contributed by atoms with E-state index in [4.69, 9.17) is 14.0 Å². The summed E-state index contributed by atoms with van der Waals surface area (Å²) in [5, 5.41) is 13.7. The first-order valence-electron chi connectivity index (χ1n) is 27.2. The van der Waals surface area contributed by atoms with E-state index in [1.807, 2.05) is 111 Å². The molecule has 0 spiro atoms. The van der Waals surface area contributed by atoms with Gasteiger partial charge in [0.1, 0.15) is 11.2 Å². The van der Waals surface area contributed by atoms with Crippen LogP contribution in [0.2, 0.25) is 64.0 Å². The average molecular weight is 1110 g/mol. The highest BCUT2D eigenvalue weighted by molar-refractivity contribution is 6.81. The van der Waals surface area contributed by atoms with Gasteiger partial charge in [-0.25, -0.2) is 4.79 Å². The van der Waals surface area contributed by atoms with E-state index in [0.29, 0.717) is 22.3 Å². The van der Waals surface area contributed by atoms with Crippen LogP contribution in [0.15, 0.2) is 33.7 Å². The summed E-state index contributed by atoms with van der Waals surface area (Å²) in [5.41, 5.74) is 8.99. The molecule has 0 aromatic heterocycles. The summed E-state index contributed by atoms with van der Waals surface area (Å²) in [7, 11) is -1.44. The fourth-order valence-corrected chi connectivity index (χ4v) is 6.81. The fourth-order valence-electron chi connectivity index (χ4n) is 3.97. The van der Waals surface area contributed by atoms with E-state index in [1.54, 1.807) is 7.05 Å². The van der Waals surface area contributed by atoms with E-state index in [1.165, 1.54) is 5.57 Å². The monoisotopic (exact) mass is 1100 g/mol. The predicted molar refractivity (Wildman–Crippen MR) is 347 cm³/mol. The maximum absolute atomic E-state index is 11.1. The van der Waals surface area contributed by atoms with Crippen LogP contribution < -0.4 is 16.1 Å². The Bertz CT molecular complexity index is 1480. The van der Waals surface area contributed by atoms with Gasteiger partial charge in [-0.05, 0) is 186 Å². The normalized spacial score (nSPS) is 12.4. The molecule has 0 unspecified atom stereocenters. The first-order valence-corrected chi connectivity index (χ1v) is 37.7. The molecule has 0 rings (SSSR count). The lowest BCUT2D eigenvalue weighted by atomic mass is 9.92. The molecule has 0 aliphatic heterocycles. The molecule has 0 saturated carbocycles. The van der Waals surface area contributed by atoms with Gasteiger partial charge in [0.15, 0.2) is 8.32 Å². The van der Waals surface area contributed by atoms with Gasteiger partial charge in [0.25, 0.3) is 0 Å². The summed E-state index contributed by atoms with van der Waals surface area (Å²) in [6.45, 7) is 89.1. The lowest BCUT2D eigenvalue weighted by Gasteiger charge is -2.32. The minimum Gasteiger partial charge on any atom is -0.444 e. The molecular weight excluding hydrogens is 967 g/mol. The second kappa shape index (κ2) is 36.8. The van der Waals surface area contributed by atoms with E-state index < -0.39 is 30.1 Å². The van der Waals surface area contributed by atoms with Crippen molar-refractivity contribution < 1.29 is 23.6 Å². The molecule has 0 saturated heterocycles.